The molecule has 0 N–H and O–H groups in total. The van der Waals surface area contributed by atoms with Gasteiger partial charge in [0.05, 0.1) is 33.4 Å². The molecule has 142 valence electrons. The van der Waals surface area contributed by atoms with Crippen LogP contribution in [0.15, 0.2) is 53.4 Å². The Morgan fingerprint density at radius 3 is 2.11 bits per heavy atom. The summed E-state index contributed by atoms with van der Waals surface area (Å²) in [5.41, 5.74) is 0.255. The van der Waals surface area contributed by atoms with Gasteiger partial charge in [-0.2, -0.15) is 5.26 Å². The molecule has 0 unspecified atom stereocenters. The topological polar surface area (TPSA) is 122 Å². The smallest absolute Gasteiger partial charge is 0.324 e. The van der Waals surface area contributed by atoms with Crippen molar-refractivity contribution in [1.29, 1.82) is 5.26 Å². The largest absolute Gasteiger partial charge is 0.363 e. The van der Waals surface area contributed by atoms with Gasteiger partial charge >= 0.3 is 5.97 Å². The zero-order valence-electron chi connectivity index (χ0n) is 14.5. The summed E-state index contributed by atoms with van der Waals surface area (Å²) in [7, 11) is -3.57. The third-order valence-electron chi connectivity index (χ3n) is 4.08. The summed E-state index contributed by atoms with van der Waals surface area (Å²) in [4.78, 5) is 41.6. The van der Waals surface area contributed by atoms with E-state index in [-0.39, 0.29) is 40.2 Å². The van der Waals surface area contributed by atoms with Crippen molar-refractivity contribution in [3.8, 4) is 6.07 Å². The molecule has 0 radical (unpaired) electrons. The molecule has 0 saturated heterocycles. The normalized spacial score (nSPS) is 13.2. The highest BCUT2D eigenvalue weighted by molar-refractivity contribution is 7.91. The van der Waals surface area contributed by atoms with E-state index in [9.17, 15) is 22.8 Å². The fourth-order valence-corrected chi connectivity index (χ4v) is 3.95. The molecule has 0 fully saturated rings. The van der Waals surface area contributed by atoms with E-state index in [1.165, 1.54) is 36.4 Å². The molecule has 2 aromatic rings. The van der Waals surface area contributed by atoms with E-state index in [2.05, 4.69) is 0 Å². The Morgan fingerprint density at radius 2 is 1.57 bits per heavy atom. The van der Waals surface area contributed by atoms with Gasteiger partial charge in [-0.25, -0.2) is 13.2 Å². The number of hydroxylamine groups is 2. The molecule has 9 heteroatoms. The third kappa shape index (κ3) is 3.63. The summed E-state index contributed by atoms with van der Waals surface area (Å²) in [6, 6.07) is 12.9. The van der Waals surface area contributed by atoms with Crippen LogP contribution in [-0.2, 0) is 14.7 Å². The number of sulfone groups is 1. The first kappa shape index (κ1) is 19.3. The molecule has 0 spiro atoms. The molecular weight excluding hydrogens is 384 g/mol. The van der Waals surface area contributed by atoms with Gasteiger partial charge in [-0.1, -0.05) is 17.2 Å². The first-order chi connectivity index (χ1) is 13.3. The molecule has 2 aromatic carbocycles. The van der Waals surface area contributed by atoms with Gasteiger partial charge in [0.15, 0.2) is 9.84 Å². The molecule has 0 atom stereocenters. The lowest BCUT2D eigenvalue weighted by Crippen LogP contribution is -2.32. The predicted octanol–water partition coefficient (Wildman–Crippen LogP) is 2.13. The van der Waals surface area contributed by atoms with Crippen LogP contribution in [-0.4, -0.2) is 37.0 Å². The molecule has 28 heavy (non-hydrogen) atoms. The number of carbonyl (C=O) groups is 3. The lowest BCUT2D eigenvalue weighted by molar-refractivity contribution is -0.0584. The monoisotopic (exact) mass is 398 g/mol. The van der Waals surface area contributed by atoms with Crippen molar-refractivity contribution in [2.24, 2.45) is 0 Å². The number of nitriles is 1. The van der Waals surface area contributed by atoms with Crippen molar-refractivity contribution in [3.05, 3.63) is 65.2 Å². The maximum absolute atomic E-state index is 12.3. The average Bonchev–Trinajstić information content (AvgIpc) is 2.93. The number of fused-ring (bicyclic) bond motifs is 1. The molecule has 1 aliphatic rings. The summed E-state index contributed by atoms with van der Waals surface area (Å²) in [5.74, 6) is -2.64. The molecule has 8 nitrogen and oxygen atoms in total. The van der Waals surface area contributed by atoms with Gasteiger partial charge in [-0.05, 0) is 42.8 Å². The minimum Gasteiger partial charge on any atom is -0.324 e. The fraction of sp³-hybridized carbons (Fsp3) is 0.158. The zero-order valence-corrected chi connectivity index (χ0v) is 15.3. The third-order valence-corrected chi connectivity index (χ3v) is 5.90. The first-order valence-electron chi connectivity index (χ1n) is 8.25. The van der Waals surface area contributed by atoms with Crippen LogP contribution in [0.2, 0.25) is 0 Å². The maximum Gasteiger partial charge on any atom is 0.363 e. The molecule has 0 bridgehead atoms. The van der Waals surface area contributed by atoms with Crippen molar-refractivity contribution in [2.45, 2.75) is 17.7 Å². The second-order valence-corrected chi connectivity index (χ2v) is 8.04. The van der Waals surface area contributed by atoms with Crippen molar-refractivity contribution >= 4 is 27.6 Å². The Bertz CT molecular complexity index is 1060. The highest BCUT2D eigenvalue weighted by Gasteiger charge is 2.38. The minimum absolute atomic E-state index is 0.00252. The molecule has 1 aliphatic heterocycles. The van der Waals surface area contributed by atoms with Crippen molar-refractivity contribution in [3.63, 3.8) is 0 Å². The van der Waals surface area contributed by atoms with E-state index in [0.717, 1.165) is 0 Å². The Morgan fingerprint density at radius 1 is 1.00 bits per heavy atom. The molecule has 2 amide bonds. The van der Waals surface area contributed by atoms with Crippen LogP contribution < -0.4 is 0 Å². The highest BCUT2D eigenvalue weighted by atomic mass is 32.2. The van der Waals surface area contributed by atoms with E-state index in [1.807, 2.05) is 6.07 Å². The summed E-state index contributed by atoms with van der Waals surface area (Å²) >= 11 is 0. The summed E-state index contributed by atoms with van der Waals surface area (Å²) < 4.78 is 24.3. The number of rotatable bonds is 6. The number of carbonyl (C=O) groups excluding carboxylic acids is 3. The summed E-state index contributed by atoms with van der Waals surface area (Å²) in [5, 5.41) is 8.88. The van der Waals surface area contributed by atoms with Crippen LogP contribution in [0.3, 0.4) is 0 Å². The Kier molecular flexibility index (Phi) is 5.24. The van der Waals surface area contributed by atoms with Gasteiger partial charge in [0.1, 0.15) is 0 Å². The van der Waals surface area contributed by atoms with Crippen molar-refractivity contribution in [2.75, 3.05) is 5.75 Å². The molecular formula is C19H14N2O6S. The van der Waals surface area contributed by atoms with Gasteiger partial charge < -0.3 is 4.84 Å². The van der Waals surface area contributed by atoms with Gasteiger partial charge in [0.2, 0.25) is 0 Å². The molecule has 0 aromatic heterocycles. The lowest BCUT2D eigenvalue weighted by Gasteiger charge is -2.12. The predicted molar refractivity (Wildman–Crippen MR) is 95.7 cm³/mol. The van der Waals surface area contributed by atoms with E-state index < -0.39 is 27.6 Å². The Hall–Kier alpha value is -3.51. The van der Waals surface area contributed by atoms with Gasteiger partial charge in [0.25, 0.3) is 11.8 Å². The van der Waals surface area contributed by atoms with Crippen LogP contribution in [0.5, 0.6) is 0 Å². The van der Waals surface area contributed by atoms with Crippen LogP contribution in [0, 0.1) is 11.3 Å². The second kappa shape index (κ2) is 7.62. The maximum atomic E-state index is 12.3. The zero-order chi connectivity index (χ0) is 20.3. The van der Waals surface area contributed by atoms with E-state index >= 15 is 0 Å². The van der Waals surface area contributed by atoms with E-state index in [0.29, 0.717) is 5.06 Å². The molecule has 0 saturated carbocycles. The second-order valence-electron chi connectivity index (χ2n) is 5.93. The summed E-state index contributed by atoms with van der Waals surface area (Å²) in [6.45, 7) is 0. The number of unbranched alkanes of at least 4 members (excludes halogenated alkanes) is 1. The van der Waals surface area contributed by atoms with Gasteiger partial charge in [0, 0.05) is 6.42 Å². The number of hydrogen-bond acceptors (Lipinski definition) is 7. The number of imide groups is 1. The fourth-order valence-electron chi connectivity index (χ4n) is 2.64. The van der Waals surface area contributed by atoms with Crippen molar-refractivity contribution in [1.82, 2.24) is 5.06 Å². The number of benzene rings is 2. The highest BCUT2D eigenvalue weighted by Crippen LogP contribution is 2.23. The van der Waals surface area contributed by atoms with Gasteiger partial charge in [-0.15, -0.1) is 0 Å². The summed E-state index contributed by atoms with van der Waals surface area (Å²) in [6.07, 6.45) is 0.340. The minimum atomic E-state index is -3.57. The first-order valence-corrected chi connectivity index (χ1v) is 9.90. The molecule has 0 aliphatic carbocycles. The lowest BCUT2D eigenvalue weighted by atomic mass is 10.1. The van der Waals surface area contributed by atoms with Crippen LogP contribution >= 0.6 is 0 Å². The van der Waals surface area contributed by atoms with Crippen LogP contribution in [0.25, 0.3) is 0 Å². The Balaban J connectivity index is 1.72. The Labute approximate surface area is 160 Å². The molecule has 1 heterocycles. The SMILES string of the molecule is N#CCCCS(=O)(=O)c1ccc(C(=O)ON2C(=O)c3ccccc3C2=O)cc1. The standard InChI is InChI=1S/C19H14N2O6S/c20-11-3-4-12-28(25,26)14-9-7-13(8-10-14)19(24)27-21-17(22)15-5-1-2-6-16(15)18(21)23/h1-2,5-10H,3-4,12H2. The average molecular weight is 398 g/mol. The molecule has 3 rings (SSSR count). The van der Waals surface area contributed by atoms with Crippen LogP contribution in [0.4, 0.5) is 0 Å². The number of amides is 2. The van der Waals surface area contributed by atoms with E-state index in [1.54, 1.807) is 12.1 Å². The number of nitrogens with zero attached hydrogens (tertiary/aromatic N) is 2. The van der Waals surface area contributed by atoms with E-state index in [4.69, 9.17) is 10.1 Å². The quantitative estimate of drug-likeness (QED) is 0.540. The van der Waals surface area contributed by atoms with Crippen LogP contribution in [0.1, 0.15) is 43.9 Å². The van der Waals surface area contributed by atoms with Gasteiger partial charge in [-0.3, -0.25) is 9.59 Å². The van der Waals surface area contributed by atoms with Crippen molar-refractivity contribution < 1.29 is 27.6 Å². The number of hydrogen-bond donors (Lipinski definition) is 0.